The SMILES string of the molecule is Cc1ccc(Cc2cccc3ccc(CC(C)C)cc23)o1. The molecule has 3 aromatic rings. The van der Waals surface area contributed by atoms with Crippen LogP contribution < -0.4 is 0 Å². The van der Waals surface area contributed by atoms with Gasteiger partial charge in [-0.3, -0.25) is 0 Å². The Morgan fingerprint density at radius 2 is 1.86 bits per heavy atom. The highest BCUT2D eigenvalue weighted by Gasteiger charge is 2.07. The second kappa shape index (κ2) is 5.77. The van der Waals surface area contributed by atoms with Crippen molar-refractivity contribution in [1.82, 2.24) is 0 Å². The molecule has 108 valence electrons. The highest BCUT2D eigenvalue weighted by Crippen LogP contribution is 2.24. The number of hydrogen-bond donors (Lipinski definition) is 0. The summed E-state index contributed by atoms with van der Waals surface area (Å²) in [6.07, 6.45) is 1.99. The maximum Gasteiger partial charge on any atom is 0.108 e. The van der Waals surface area contributed by atoms with Crippen molar-refractivity contribution in [3.05, 3.63) is 71.2 Å². The Morgan fingerprint density at radius 3 is 2.57 bits per heavy atom. The van der Waals surface area contributed by atoms with Crippen LogP contribution in [-0.2, 0) is 12.8 Å². The van der Waals surface area contributed by atoms with Gasteiger partial charge >= 0.3 is 0 Å². The molecule has 21 heavy (non-hydrogen) atoms. The van der Waals surface area contributed by atoms with E-state index in [0.29, 0.717) is 5.92 Å². The van der Waals surface area contributed by atoms with Gasteiger partial charge in [0.05, 0.1) is 0 Å². The smallest absolute Gasteiger partial charge is 0.108 e. The normalized spacial score (nSPS) is 11.4. The van der Waals surface area contributed by atoms with Crippen molar-refractivity contribution in [2.75, 3.05) is 0 Å². The fraction of sp³-hybridized carbons (Fsp3) is 0.300. The number of fused-ring (bicyclic) bond motifs is 1. The van der Waals surface area contributed by atoms with Crippen molar-refractivity contribution >= 4 is 10.8 Å². The lowest BCUT2D eigenvalue weighted by Crippen LogP contribution is -1.95. The number of hydrogen-bond acceptors (Lipinski definition) is 1. The van der Waals surface area contributed by atoms with E-state index in [0.717, 1.165) is 24.4 Å². The summed E-state index contributed by atoms with van der Waals surface area (Å²) in [4.78, 5) is 0. The van der Waals surface area contributed by atoms with Crippen LogP contribution in [0.2, 0.25) is 0 Å². The lowest BCUT2D eigenvalue weighted by Gasteiger charge is -2.09. The van der Waals surface area contributed by atoms with Crippen LogP contribution in [0.5, 0.6) is 0 Å². The molecule has 3 rings (SSSR count). The molecule has 0 saturated heterocycles. The van der Waals surface area contributed by atoms with Gasteiger partial charge in [-0.05, 0) is 53.3 Å². The van der Waals surface area contributed by atoms with Crippen LogP contribution in [-0.4, -0.2) is 0 Å². The molecule has 0 saturated carbocycles. The first-order valence-electron chi connectivity index (χ1n) is 7.67. The summed E-state index contributed by atoms with van der Waals surface area (Å²) in [6.45, 7) is 6.52. The van der Waals surface area contributed by atoms with Crippen LogP contribution in [0.3, 0.4) is 0 Å². The standard InChI is InChI=1S/C20H22O/c1-14(2)11-16-8-9-17-5-4-6-18(20(17)12-16)13-19-10-7-15(3)21-19/h4-10,12,14H,11,13H2,1-3H3. The van der Waals surface area contributed by atoms with Crippen LogP contribution in [0.4, 0.5) is 0 Å². The third kappa shape index (κ3) is 3.18. The van der Waals surface area contributed by atoms with E-state index in [1.807, 2.05) is 13.0 Å². The molecule has 0 aliphatic carbocycles. The lowest BCUT2D eigenvalue weighted by atomic mass is 9.96. The molecule has 0 amide bonds. The Hall–Kier alpha value is -2.02. The molecule has 0 atom stereocenters. The van der Waals surface area contributed by atoms with E-state index in [2.05, 4.69) is 56.3 Å². The fourth-order valence-electron chi connectivity index (χ4n) is 2.90. The van der Waals surface area contributed by atoms with Crippen molar-refractivity contribution < 1.29 is 4.42 Å². The Bertz CT molecular complexity index is 749. The van der Waals surface area contributed by atoms with E-state index in [9.17, 15) is 0 Å². The predicted molar refractivity (Wildman–Crippen MR) is 88.7 cm³/mol. The number of rotatable bonds is 4. The number of aryl methyl sites for hydroxylation is 1. The number of furan rings is 1. The average molecular weight is 278 g/mol. The zero-order chi connectivity index (χ0) is 14.8. The van der Waals surface area contributed by atoms with Crippen LogP contribution >= 0.6 is 0 Å². The van der Waals surface area contributed by atoms with Crippen molar-refractivity contribution in [3.8, 4) is 0 Å². The highest BCUT2D eigenvalue weighted by molar-refractivity contribution is 5.86. The summed E-state index contributed by atoms with van der Waals surface area (Å²) in [5.41, 5.74) is 2.76. The Labute approximate surface area is 126 Å². The van der Waals surface area contributed by atoms with Gasteiger partial charge < -0.3 is 4.42 Å². The predicted octanol–water partition coefficient (Wildman–Crippen LogP) is 5.53. The van der Waals surface area contributed by atoms with Gasteiger partial charge in [0, 0.05) is 6.42 Å². The van der Waals surface area contributed by atoms with E-state index >= 15 is 0 Å². The van der Waals surface area contributed by atoms with Gasteiger partial charge in [0.2, 0.25) is 0 Å². The third-order valence-corrected chi connectivity index (χ3v) is 3.84. The van der Waals surface area contributed by atoms with Crippen molar-refractivity contribution in [1.29, 1.82) is 0 Å². The molecule has 0 spiro atoms. The van der Waals surface area contributed by atoms with Crippen LogP contribution in [0.15, 0.2) is 52.9 Å². The van der Waals surface area contributed by atoms with Crippen molar-refractivity contribution in [3.63, 3.8) is 0 Å². The van der Waals surface area contributed by atoms with Gasteiger partial charge in [0.1, 0.15) is 11.5 Å². The maximum absolute atomic E-state index is 5.73. The fourth-order valence-corrected chi connectivity index (χ4v) is 2.90. The van der Waals surface area contributed by atoms with Crippen LogP contribution in [0.25, 0.3) is 10.8 Å². The number of benzene rings is 2. The van der Waals surface area contributed by atoms with Crippen LogP contribution in [0, 0.1) is 12.8 Å². The molecule has 0 N–H and O–H groups in total. The quantitative estimate of drug-likeness (QED) is 0.611. The highest BCUT2D eigenvalue weighted by atomic mass is 16.3. The molecule has 0 fully saturated rings. The second-order valence-electron chi connectivity index (χ2n) is 6.26. The summed E-state index contributed by atoms with van der Waals surface area (Å²) in [5.74, 6) is 2.70. The van der Waals surface area contributed by atoms with Gasteiger partial charge in [-0.2, -0.15) is 0 Å². The van der Waals surface area contributed by atoms with E-state index in [1.54, 1.807) is 0 Å². The Balaban J connectivity index is 2.00. The first kappa shape index (κ1) is 13.9. The van der Waals surface area contributed by atoms with E-state index in [1.165, 1.54) is 21.9 Å². The third-order valence-electron chi connectivity index (χ3n) is 3.84. The van der Waals surface area contributed by atoms with Crippen LogP contribution in [0.1, 0.15) is 36.5 Å². The molecule has 0 unspecified atom stereocenters. The summed E-state index contributed by atoms with van der Waals surface area (Å²) in [6, 6.07) is 17.5. The summed E-state index contributed by atoms with van der Waals surface area (Å²) in [7, 11) is 0. The Morgan fingerprint density at radius 1 is 1.00 bits per heavy atom. The minimum Gasteiger partial charge on any atom is -0.466 e. The Kier molecular flexibility index (Phi) is 3.83. The van der Waals surface area contributed by atoms with Gasteiger partial charge in [-0.15, -0.1) is 0 Å². The van der Waals surface area contributed by atoms with Gasteiger partial charge in [-0.25, -0.2) is 0 Å². The largest absolute Gasteiger partial charge is 0.466 e. The molecule has 0 bridgehead atoms. The zero-order valence-electron chi connectivity index (χ0n) is 13.0. The molecule has 2 aromatic carbocycles. The first-order valence-corrected chi connectivity index (χ1v) is 7.67. The maximum atomic E-state index is 5.73. The van der Waals surface area contributed by atoms with Gasteiger partial charge in [0.25, 0.3) is 0 Å². The van der Waals surface area contributed by atoms with E-state index < -0.39 is 0 Å². The monoisotopic (exact) mass is 278 g/mol. The first-order chi connectivity index (χ1) is 10.1. The van der Waals surface area contributed by atoms with Gasteiger partial charge in [-0.1, -0.05) is 50.2 Å². The molecule has 0 aliphatic rings. The minimum atomic E-state index is 0.683. The molecule has 1 aromatic heterocycles. The molecule has 1 heterocycles. The summed E-state index contributed by atoms with van der Waals surface area (Å²) < 4.78 is 5.73. The lowest BCUT2D eigenvalue weighted by molar-refractivity contribution is 0.493. The zero-order valence-corrected chi connectivity index (χ0v) is 13.0. The summed E-state index contributed by atoms with van der Waals surface area (Å²) in [5, 5.41) is 2.66. The minimum absolute atomic E-state index is 0.683. The van der Waals surface area contributed by atoms with E-state index in [4.69, 9.17) is 4.42 Å². The average Bonchev–Trinajstić information content (AvgIpc) is 2.84. The van der Waals surface area contributed by atoms with Gasteiger partial charge in [0.15, 0.2) is 0 Å². The summed E-state index contributed by atoms with van der Waals surface area (Å²) >= 11 is 0. The molecule has 0 aliphatic heterocycles. The topological polar surface area (TPSA) is 13.1 Å². The molecule has 1 heteroatoms. The molecule has 0 radical (unpaired) electrons. The second-order valence-corrected chi connectivity index (χ2v) is 6.26. The molecular formula is C20H22O. The van der Waals surface area contributed by atoms with Crippen molar-refractivity contribution in [2.24, 2.45) is 5.92 Å². The molecule has 1 nitrogen and oxygen atoms in total. The van der Waals surface area contributed by atoms with Crippen molar-refractivity contribution in [2.45, 2.75) is 33.6 Å². The van der Waals surface area contributed by atoms with E-state index in [-0.39, 0.29) is 0 Å². The molecular weight excluding hydrogens is 256 g/mol.